The van der Waals surface area contributed by atoms with Gasteiger partial charge in [0.25, 0.3) is 5.91 Å². The second kappa shape index (κ2) is 8.26. The van der Waals surface area contributed by atoms with Crippen LogP contribution in [0.3, 0.4) is 0 Å². The quantitative estimate of drug-likeness (QED) is 0.828. The topological polar surface area (TPSA) is 61.6 Å². The first-order valence-electron chi connectivity index (χ1n) is 8.30. The number of anilines is 1. The molecule has 23 heavy (non-hydrogen) atoms. The van der Waals surface area contributed by atoms with Crippen molar-refractivity contribution in [1.29, 1.82) is 0 Å². The van der Waals surface area contributed by atoms with Gasteiger partial charge in [0, 0.05) is 38.3 Å². The average molecular weight is 322 g/mol. The van der Waals surface area contributed by atoms with Crippen molar-refractivity contribution in [1.82, 2.24) is 10.2 Å². The second-order valence-corrected chi connectivity index (χ2v) is 6.14. The molecule has 1 aliphatic rings. The lowest BCUT2D eigenvalue weighted by molar-refractivity contribution is 0.0948. The van der Waals surface area contributed by atoms with E-state index in [0.717, 1.165) is 32.7 Å². The van der Waals surface area contributed by atoms with Crippen LogP contribution in [0.5, 0.6) is 0 Å². The van der Waals surface area contributed by atoms with E-state index in [1.165, 1.54) is 6.07 Å². The molecule has 0 bridgehead atoms. The Labute approximate surface area is 137 Å². The number of halogens is 1. The van der Waals surface area contributed by atoms with Crippen molar-refractivity contribution in [2.24, 2.45) is 11.7 Å². The molecule has 2 rings (SSSR count). The summed E-state index contributed by atoms with van der Waals surface area (Å²) in [5, 5.41) is 2.78. The zero-order chi connectivity index (χ0) is 16.8. The number of rotatable bonds is 6. The molecule has 1 aromatic carbocycles. The van der Waals surface area contributed by atoms with E-state index in [9.17, 15) is 9.18 Å². The van der Waals surface area contributed by atoms with Crippen molar-refractivity contribution in [2.75, 3.05) is 50.7 Å². The first-order valence-corrected chi connectivity index (χ1v) is 8.30. The highest BCUT2D eigenvalue weighted by Crippen LogP contribution is 2.22. The molecule has 1 unspecified atom stereocenters. The first kappa shape index (κ1) is 17.7. The van der Waals surface area contributed by atoms with Crippen LogP contribution < -0.4 is 16.0 Å². The van der Waals surface area contributed by atoms with Crippen molar-refractivity contribution < 1.29 is 9.18 Å². The Hall–Kier alpha value is -1.66. The summed E-state index contributed by atoms with van der Waals surface area (Å²) in [5.41, 5.74) is 6.45. The fourth-order valence-corrected chi connectivity index (χ4v) is 2.66. The van der Waals surface area contributed by atoms with Crippen LogP contribution in [0, 0.1) is 11.7 Å². The minimum atomic E-state index is -0.338. The molecule has 1 atom stereocenters. The molecular formula is C17H27FN4O. The van der Waals surface area contributed by atoms with Crippen LogP contribution in [-0.4, -0.2) is 56.6 Å². The minimum absolute atomic E-state index is 0.206. The van der Waals surface area contributed by atoms with E-state index in [0.29, 0.717) is 24.3 Å². The van der Waals surface area contributed by atoms with Crippen molar-refractivity contribution in [3.63, 3.8) is 0 Å². The number of carbonyl (C=O) groups excluding carboxylic acids is 1. The molecule has 1 aliphatic heterocycles. The second-order valence-electron chi connectivity index (χ2n) is 6.14. The number of hydrogen-bond donors (Lipinski definition) is 2. The van der Waals surface area contributed by atoms with E-state index >= 15 is 0 Å². The highest BCUT2D eigenvalue weighted by Gasteiger charge is 2.19. The lowest BCUT2D eigenvalue weighted by Gasteiger charge is -2.35. The van der Waals surface area contributed by atoms with Crippen LogP contribution in [0.15, 0.2) is 18.2 Å². The number of hydrogen-bond acceptors (Lipinski definition) is 4. The molecule has 1 amide bonds. The van der Waals surface area contributed by atoms with E-state index in [2.05, 4.69) is 17.1 Å². The average Bonchev–Trinajstić information content (AvgIpc) is 2.59. The molecule has 0 aromatic heterocycles. The Kier molecular flexibility index (Phi) is 6.36. The minimum Gasteiger partial charge on any atom is -0.367 e. The Morgan fingerprint density at radius 2 is 2.04 bits per heavy atom. The fraction of sp³-hybridized carbons (Fsp3) is 0.588. The van der Waals surface area contributed by atoms with Crippen molar-refractivity contribution in [3.8, 4) is 0 Å². The molecule has 0 aliphatic carbocycles. The summed E-state index contributed by atoms with van der Waals surface area (Å²) in [4.78, 5) is 16.4. The highest BCUT2D eigenvalue weighted by atomic mass is 19.1. The van der Waals surface area contributed by atoms with E-state index in [1.807, 2.05) is 11.8 Å². The normalized spacial score (nSPS) is 17.1. The summed E-state index contributed by atoms with van der Waals surface area (Å²) in [7, 11) is 0. The Balaban J connectivity index is 1.99. The maximum Gasteiger partial charge on any atom is 0.251 e. The third-order valence-electron chi connectivity index (χ3n) is 4.38. The molecule has 5 nitrogen and oxygen atoms in total. The van der Waals surface area contributed by atoms with Crippen LogP contribution in [0.4, 0.5) is 10.1 Å². The SMILES string of the molecule is CCN1CCN(c2ccc(C(=O)NCC(C)CN)cc2F)CC1. The Morgan fingerprint density at radius 1 is 1.35 bits per heavy atom. The number of piperazine rings is 1. The summed E-state index contributed by atoms with van der Waals surface area (Å²) >= 11 is 0. The number of nitrogens with zero attached hydrogens (tertiary/aromatic N) is 2. The largest absolute Gasteiger partial charge is 0.367 e. The molecule has 6 heteroatoms. The zero-order valence-corrected chi connectivity index (χ0v) is 14.0. The van der Waals surface area contributed by atoms with E-state index < -0.39 is 0 Å². The van der Waals surface area contributed by atoms with Gasteiger partial charge in [-0.1, -0.05) is 13.8 Å². The number of carbonyl (C=O) groups is 1. The van der Waals surface area contributed by atoms with Gasteiger partial charge in [0.1, 0.15) is 5.82 Å². The zero-order valence-electron chi connectivity index (χ0n) is 14.0. The van der Waals surface area contributed by atoms with Gasteiger partial charge in [-0.05, 0) is 37.2 Å². The number of benzene rings is 1. The Morgan fingerprint density at radius 3 is 2.61 bits per heavy atom. The van der Waals surface area contributed by atoms with Crippen LogP contribution in [0.25, 0.3) is 0 Å². The predicted octanol–water partition coefficient (Wildman–Crippen LogP) is 1.29. The van der Waals surface area contributed by atoms with Gasteiger partial charge in [-0.25, -0.2) is 4.39 Å². The van der Waals surface area contributed by atoms with Crippen LogP contribution in [0.2, 0.25) is 0 Å². The maximum absolute atomic E-state index is 14.4. The van der Waals surface area contributed by atoms with Crippen molar-refractivity contribution >= 4 is 11.6 Å². The molecule has 0 saturated carbocycles. The summed E-state index contributed by atoms with van der Waals surface area (Å²) in [6.07, 6.45) is 0. The lowest BCUT2D eigenvalue weighted by Crippen LogP contribution is -2.46. The van der Waals surface area contributed by atoms with Gasteiger partial charge in [-0.2, -0.15) is 0 Å². The third-order valence-corrected chi connectivity index (χ3v) is 4.38. The van der Waals surface area contributed by atoms with Gasteiger partial charge >= 0.3 is 0 Å². The number of nitrogens with one attached hydrogen (secondary N) is 1. The van der Waals surface area contributed by atoms with Gasteiger partial charge < -0.3 is 20.9 Å². The van der Waals surface area contributed by atoms with Crippen molar-refractivity contribution in [2.45, 2.75) is 13.8 Å². The fourth-order valence-electron chi connectivity index (χ4n) is 2.66. The van der Waals surface area contributed by atoms with Crippen LogP contribution in [-0.2, 0) is 0 Å². The van der Waals surface area contributed by atoms with E-state index in [4.69, 9.17) is 5.73 Å². The highest BCUT2D eigenvalue weighted by molar-refractivity contribution is 5.94. The number of nitrogens with two attached hydrogens (primary N) is 1. The number of amides is 1. The molecule has 1 heterocycles. The molecule has 1 fully saturated rings. The summed E-state index contributed by atoms with van der Waals surface area (Å²) in [6, 6.07) is 4.72. The van der Waals surface area contributed by atoms with Gasteiger partial charge in [-0.3, -0.25) is 4.79 Å². The molecule has 3 N–H and O–H groups in total. The van der Waals surface area contributed by atoms with E-state index in [-0.39, 0.29) is 17.6 Å². The van der Waals surface area contributed by atoms with Gasteiger partial charge in [0.2, 0.25) is 0 Å². The van der Waals surface area contributed by atoms with Gasteiger partial charge in [0.15, 0.2) is 0 Å². The summed E-state index contributed by atoms with van der Waals surface area (Å²) in [5.74, 6) is -0.390. The summed E-state index contributed by atoms with van der Waals surface area (Å²) < 4.78 is 14.4. The van der Waals surface area contributed by atoms with E-state index in [1.54, 1.807) is 12.1 Å². The third kappa shape index (κ3) is 4.65. The molecule has 128 valence electrons. The lowest BCUT2D eigenvalue weighted by atomic mass is 10.1. The maximum atomic E-state index is 14.4. The van der Waals surface area contributed by atoms with Crippen LogP contribution >= 0.6 is 0 Å². The molecule has 0 spiro atoms. The smallest absolute Gasteiger partial charge is 0.251 e. The monoisotopic (exact) mass is 322 g/mol. The Bertz CT molecular complexity index is 529. The molecule has 1 saturated heterocycles. The molecule has 1 aromatic rings. The van der Waals surface area contributed by atoms with Gasteiger partial charge in [0.05, 0.1) is 5.69 Å². The standard InChI is InChI=1S/C17H27FN4O/c1-3-21-6-8-22(9-7-21)16-5-4-14(10-15(16)18)17(23)20-12-13(2)11-19/h4-5,10,13H,3,6-9,11-12,19H2,1-2H3,(H,20,23). The van der Waals surface area contributed by atoms with Crippen molar-refractivity contribution in [3.05, 3.63) is 29.6 Å². The van der Waals surface area contributed by atoms with Crippen LogP contribution in [0.1, 0.15) is 24.2 Å². The molecule has 0 radical (unpaired) electrons. The van der Waals surface area contributed by atoms with Gasteiger partial charge in [-0.15, -0.1) is 0 Å². The number of likely N-dealkylation sites (N-methyl/N-ethyl adjacent to an activating group) is 1. The molecular weight excluding hydrogens is 295 g/mol. The first-order chi connectivity index (χ1) is 11.0. The summed E-state index contributed by atoms with van der Waals surface area (Å²) in [6.45, 7) is 9.62. The predicted molar refractivity (Wildman–Crippen MR) is 91.3 cm³/mol.